The van der Waals surface area contributed by atoms with Crippen LogP contribution in [0, 0.1) is 48.3 Å². The van der Waals surface area contributed by atoms with Crippen LogP contribution in [-0.2, 0) is 52.6 Å². The molecule has 0 radical (unpaired) electrons. The molecule has 2 bridgehead atoms. The summed E-state index contributed by atoms with van der Waals surface area (Å²) in [6, 6.07) is 0.893. The lowest BCUT2D eigenvalue weighted by Crippen LogP contribution is -2.60. The lowest BCUT2D eigenvalue weighted by atomic mass is 9.75. The van der Waals surface area contributed by atoms with Gasteiger partial charge in [0.05, 0.1) is 25.2 Å². The number of aliphatic hydroxyl groups is 2. The van der Waals surface area contributed by atoms with Crippen LogP contribution in [0.15, 0.2) is 59.0 Å². The van der Waals surface area contributed by atoms with E-state index in [0.717, 1.165) is 16.0 Å². The minimum atomic E-state index is -2.45. The molecular formula is C57H84N2O14S. The fourth-order valence-corrected chi connectivity index (χ4v) is 12.3. The van der Waals surface area contributed by atoms with Crippen molar-refractivity contribution in [3.05, 3.63) is 69.5 Å². The normalized spacial score (nSPS) is 36.9. The molecule has 4 aliphatic rings. The Labute approximate surface area is 442 Å². The van der Waals surface area contributed by atoms with Gasteiger partial charge in [-0.15, -0.1) is 11.3 Å². The summed E-state index contributed by atoms with van der Waals surface area (Å²) in [5.74, 6) is -9.80. The topological polar surface area (TPSA) is 216 Å². The Bertz CT molecular complexity index is 2230. The van der Waals surface area contributed by atoms with Crippen molar-refractivity contribution in [2.75, 3.05) is 27.8 Å². The zero-order valence-electron chi connectivity index (χ0n) is 45.5. The Kier molecular flexibility index (Phi) is 22.7. The molecule has 17 heteroatoms. The third-order valence-electron chi connectivity index (χ3n) is 16.1. The molecule has 1 amide bonds. The second-order valence-corrected chi connectivity index (χ2v) is 22.9. The predicted molar refractivity (Wildman–Crippen MR) is 279 cm³/mol. The lowest BCUT2D eigenvalue weighted by Gasteiger charge is -2.43. The largest absolute Gasteiger partial charge is 0.460 e. The molecule has 74 heavy (non-hydrogen) atoms. The third kappa shape index (κ3) is 15.5. The van der Waals surface area contributed by atoms with Crippen LogP contribution in [0.5, 0.6) is 0 Å². The molecule has 1 saturated carbocycles. The summed E-state index contributed by atoms with van der Waals surface area (Å²) in [7, 11) is 4.07. The summed E-state index contributed by atoms with van der Waals surface area (Å²) in [5.41, 5.74) is 2.50. The van der Waals surface area contributed by atoms with Crippen molar-refractivity contribution < 1.29 is 68.0 Å². The number of hydrogen-bond acceptors (Lipinski definition) is 16. The number of fused-ring (bicyclic) bond motifs is 3. The highest BCUT2D eigenvalue weighted by molar-refractivity contribution is 7.10. The zero-order chi connectivity index (χ0) is 54.6. The van der Waals surface area contributed by atoms with E-state index >= 15 is 0 Å². The number of carbonyl (C=O) groups excluding carboxylic acids is 6. The van der Waals surface area contributed by atoms with Gasteiger partial charge in [-0.05, 0) is 137 Å². The number of rotatable bonds is 8. The zero-order valence-corrected chi connectivity index (χ0v) is 46.3. The Hall–Kier alpha value is -4.20. The third-order valence-corrected chi connectivity index (χ3v) is 17.0. The molecule has 0 spiro atoms. The van der Waals surface area contributed by atoms with Crippen molar-refractivity contribution in [1.29, 1.82) is 0 Å². The Morgan fingerprint density at radius 3 is 2.32 bits per heavy atom. The standard InChI is InChI=1S/C57H84N2O14S/c1-33-17-13-12-14-18-34(2)45(43-24-26-74-40(43)8)31-42-22-20-39(7)57(67,72-42)53(63)54(64)59-25-16-15-19-46(59)56(66)71-48(36(4)29-41-21-23-44(49(30-41)69-10)55(65)73-58(9)68)32-47(60)35(3)28-38(6)51(62)52(70-11)50(61)37(5)27-33/h12-14,17-18,24,26,28,33,35-37,39,41-42,44-46,48-49,51-52,62,67-68H,15-16,19-23,25,27,29-32H2,1-11H3/b14-12+,17-13+,34-18+,38-28+/t33-,35-,36-,37-,39-,41+,42+,44-,45+,46+,48+,49-,51-,52+,57-/m1/s1. The van der Waals surface area contributed by atoms with Crippen molar-refractivity contribution in [2.24, 2.45) is 41.4 Å². The number of ketones is 3. The molecule has 0 unspecified atom stereocenters. The first-order valence-corrected chi connectivity index (χ1v) is 27.5. The maximum absolute atomic E-state index is 14.6. The molecule has 3 N–H and O–H groups in total. The molecule has 16 nitrogen and oxygen atoms in total. The summed E-state index contributed by atoms with van der Waals surface area (Å²) < 4.78 is 24.1. The summed E-state index contributed by atoms with van der Waals surface area (Å²) in [6.45, 7) is 14.9. The van der Waals surface area contributed by atoms with Gasteiger partial charge >= 0.3 is 11.9 Å². The van der Waals surface area contributed by atoms with E-state index in [2.05, 4.69) is 13.0 Å². The van der Waals surface area contributed by atoms with Crippen LogP contribution in [0.4, 0.5) is 0 Å². The molecule has 412 valence electrons. The number of carbonyl (C=O) groups is 6. The van der Waals surface area contributed by atoms with Crippen LogP contribution in [0.2, 0.25) is 0 Å². The van der Waals surface area contributed by atoms with E-state index in [-0.39, 0.29) is 48.7 Å². The number of amides is 1. The number of esters is 1. The van der Waals surface area contributed by atoms with Crippen LogP contribution in [0.25, 0.3) is 0 Å². The van der Waals surface area contributed by atoms with Gasteiger partial charge in [-0.25, -0.2) is 9.59 Å². The highest BCUT2D eigenvalue weighted by Gasteiger charge is 2.53. The highest BCUT2D eigenvalue weighted by Crippen LogP contribution is 2.42. The van der Waals surface area contributed by atoms with E-state index in [1.807, 2.05) is 63.5 Å². The van der Waals surface area contributed by atoms with E-state index in [1.165, 1.54) is 26.2 Å². The molecule has 0 aromatic carbocycles. The molecule has 3 fully saturated rings. The number of allylic oxidation sites excluding steroid dienone is 7. The summed E-state index contributed by atoms with van der Waals surface area (Å²) in [6.07, 6.45) is 11.6. The number of nitrogens with zero attached hydrogens (tertiary/aromatic N) is 2. The van der Waals surface area contributed by atoms with Crippen molar-refractivity contribution in [1.82, 2.24) is 10.1 Å². The number of methoxy groups -OCH3 is 2. The van der Waals surface area contributed by atoms with Gasteiger partial charge in [-0.1, -0.05) is 76.6 Å². The van der Waals surface area contributed by atoms with Crippen LogP contribution < -0.4 is 0 Å². The number of hydrogen-bond donors (Lipinski definition) is 3. The number of aliphatic hydroxyl groups excluding tert-OH is 1. The van der Waals surface area contributed by atoms with E-state index in [9.17, 15) is 44.2 Å². The van der Waals surface area contributed by atoms with E-state index in [1.54, 1.807) is 38.2 Å². The van der Waals surface area contributed by atoms with Crippen molar-refractivity contribution in [3.8, 4) is 0 Å². The van der Waals surface area contributed by atoms with Crippen molar-refractivity contribution in [2.45, 2.75) is 181 Å². The van der Waals surface area contributed by atoms with E-state index in [4.69, 9.17) is 23.8 Å². The Balaban J connectivity index is 1.50. The monoisotopic (exact) mass is 1050 g/mol. The average molecular weight is 1050 g/mol. The molecule has 15 atom stereocenters. The van der Waals surface area contributed by atoms with Crippen LogP contribution >= 0.6 is 11.3 Å². The number of ether oxygens (including phenoxy) is 4. The molecular weight excluding hydrogens is 969 g/mol. The molecule has 5 rings (SSSR count). The number of aryl methyl sites for hydroxylation is 1. The number of thiophene rings is 1. The molecule has 1 aromatic rings. The van der Waals surface area contributed by atoms with Gasteiger partial charge in [0, 0.05) is 55.7 Å². The summed E-state index contributed by atoms with van der Waals surface area (Å²) in [5, 5.41) is 35.7. The van der Waals surface area contributed by atoms with Gasteiger partial charge < -0.3 is 38.9 Å². The number of cyclic esters (lactones) is 1. The van der Waals surface area contributed by atoms with Gasteiger partial charge in [0.25, 0.3) is 11.7 Å². The van der Waals surface area contributed by atoms with Gasteiger partial charge in [0.15, 0.2) is 5.78 Å². The van der Waals surface area contributed by atoms with Crippen LogP contribution in [0.3, 0.4) is 0 Å². The van der Waals surface area contributed by atoms with Gasteiger partial charge in [-0.3, -0.25) is 24.4 Å². The minimum absolute atomic E-state index is 0.00335. The highest BCUT2D eigenvalue weighted by atomic mass is 32.1. The Morgan fingerprint density at radius 2 is 1.66 bits per heavy atom. The molecule has 2 saturated heterocycles. The second kappa shape index (κ2) is 27.7. The Morgan fingerprint density at radius 1 is 0.932 bits per heavy atom. The molecule has 1 aromatic heterocycles. The quantitative estimate of drug-likeness (QED) is 0.0965. The number of piperidine rings is 1. The number of Topliss-reactive ketones (excluding diaryl/α,β-unsaturated/α-hetero) is 3. The van der Waals surface area contributed by atoms with Crippen molar-refractivity contribution >= 4 is 46.5 Å². The fourth-order valence-electron chi connectivity index (χ4n) is 11.5. The van der Waals surface area contributed by atoms with Crippen LogP contribution in [0.1, 0.15) is 142 Å². The van der Waals surface area contributed by atoms with Gasteiger partial charge in [0.2, 0.25) is 5.79 Å². The summed E-state index contributed by atoms with van der Waals surface area (Å²) >= 11 is 1.63. The average Bonchev–Trinajstić information content (AvgIpc) is 3.79. The molecule has 1 aliphatic carbocycles. The first-order valence-electron chi connectivity index (χ1n) is 26.6. The van der Waals surface area contributed by atoms with Gasteiger partial charge in [-0.2, -0.15) is 0 Å². The summed E-state index contributed by atoms with van der Waals surface area (Å²) in [4.78, 5) is 91.9. The first kappa shape index (κ1) is 60.7. The molecule has 3 aliphatic heterocycles. The van der Waals surface area contributed by atoms with E-state index < -0.39 is 95.6 Å². The van der Waals surface area contributed by atoms with Gasteiger partial charge in [0.1, 0.15) is 30.1 Å². The molecule has 4 heterocycles. The van der Waals surface area contributed by atoms with Crippen molar-refractivity contribution in [3.63, 3.8) is 0 Å². The maximum Gasteiger partial charge on any atom is 0.333 e. The lowest BCUT2D eigenvalue weighted by molar-refractivity contribution is -0.306. The number of hydroxylamine groups is 2. The fraction of sp³-hybridized carbons (Fsp3) is 0.684. The van der Waals surface area contributed by atoms with E-state index in [0.29, 0.717) is 75.0 Å². The second-order valence-electron chi connectivity index (χ2n) is 21.8. The van der Waals surface area contributed by atoms with Crippen LogP contribution in [-0.4, -0.2) is 131 Å². The SMILES string of the molecule is CO[C@@H]1C[C@H](C[C@@H](C)[C@@H]2CC(=O)[C@H](C)/C=C(\C)[C@@H](O)[C@@H](OC)C(=O)[C@H](C)C[C@H](C)/C=C/C=C/C=C(\C)[C@@H](c3ccsc3C)C[C@@H]3CC[C@@H](C)[C@@](O)(O3)C(=O)C(=O)N3CCCC[C@H]3C(=O)O2)CC[C@H]1C(=O)ON(C)O. The minimum Gasteiger partial charge on any atom is -0.460 e. The first-order chi connectivity index (χ1) is 35.0. The smallest absolute Gasteiger partial charge is 0.333 e. The maximum atomic E-state index is 14.6. The predicted octanol–water partition coefficient (Wildman–Crippen LogP) is 8.35.